The number of fused-ring (bicyclic) bond motifs is 8. The van der Waals surface area contributed by atoms with Gasteiger partial charge in [0.05, 0.1) is 11.1 Å². The Bertz CT molecular complexity index is 2470. The van der Waals surface area contributed by atoms with Gasteiger partial charge in [0, 0.05) is 36.9 Å². The lowest BCUT2D eigenvalue weighted by Gasteiger charge is -2.26. The maximum Gasteiger partial charge on any atom is 0.137 e. The van der Waals surface area contributed by atoms with E-state index in [0.717, 1.165) is 39.0 Å². The highest BCUT2D eigenvalue weighted by Crippen LogP contribution is 2.46. The van der Waals surface area contributed by atoms with E-state index in [0.29, 0.717) is 0 Å². The summed E-state index contributed by atoms with van der Waals surface area (Å²) in [7, 11) is 0. The number of anilines is 3. The molecule has 0 fully saturated rings. The van der Waals surface area contributed by atoms with Crippen LogP contribution in [0.5, 0.6) is 0 Å². The number of para-hydroxylation sites is 2. The highest BCUT2D eigenvalue weighted by atomic mass is 32.1. The van der Waals surface area contributed by atoms with E-state index in [1.165, 1.54) is 42.1 Å². The van der Waals surface area contributed by atoms with Gasteiger partial charge < -0.3 is 9.32 Å². The molecule has 0 N–H and O–H groups in total. The standard InChI is InChI=1S/C40H25NOS/c1-2-13-28(14-3-1)41(34-20-10-22-36-39(34)32-17-6-7-21-35(32)42-36)29-15-8-12-27(25-29)31-18-9-19-33-38-30-16-5-4-11-26(30)23-24-37(38)43-40(31)33/h1-25H. The highest BCUT2D eigenvalue weighted by molar-refractivity contribution is 7.26. The van der Waals surface area contributed by atoms with Gasteiger partial charge in [-0.3, -0.25) is 0 Å². The van der Waals surface area contributed by atoms with Crippen molar-refractivity contribution >= 4 is 81.3 Å². The average Bonchev–Trinajstić information content (AvgIpc) is 3.65. The first-order chi connectivity index (χ1) is 21.3. The van der Waals surface area contributed by atoms with Gasteiger partial charge in [-0.2, -0.15) is 0 Å². The van der Waals surface area contributed by atoms with Crippen LogP contribution in [0.15, 0.2) is 156 Å². The first-order valence-electron chi connectivity index (χ1n) is 14.5. The summed E-state index contributed by atoms with van der Waals surface area (Å²) in [6.07, 6.45) is 0. The van der Waals surface area contributed by atoms with Crippen LogP contribution in [0.1, 0.15) is 0 Å². The molecule has 2 nitrogen and oxygen atoms in total. The molecule has 2 aromatic heterocycles. The summed E-state index contributed by atoms with van der Waals surface area (Å²) in [4.78, 5) is 2.35. The second kappa shape index (κ2) is 9.59. The molecule has 0 unspecified atom stereocenters. The first kappa shape index (κ1) is 24.2. The number of hydrogen-bond donors (Lipinski definition) is 0. The average molecular weight is 568 g/mol. The molecular weight excluding hydrogens is 543 g/mol. The van der Waals surface area contributed by atoms with E-state index in [-0.39, 0.29) is 0 Å². The van der Waals surface area contributed by atoms with Crippen LogP contribution in [0, 0.1) is 0 Å². The van der Waals surface area contributed by atoms with Gasteiger partial charge in [0.25, 0.3) is 0 Å². The fraction of sp³-hybridized carbons (Fsp3) is 0. The number of benzene rings is 7. The summed E-state index contributed by atoms with van der Waals surface area (Å²) in [5.41, 5.74) is 7.54. The Kier molecular flexibility index (Phi) is 5.40. The molecule has 0 spiro atoms. The minimum absolute atomic E-state index is 0.887. The first-order valence-corrected chi connectivity index (χ1v) is 15.3. The third-order valence-electron chi connectivity index (χ3n) is 8.44. The summed E-state index contributed by atoms with van der Waals surface area (Å²) in [5, 5.41) is 7.49. The summed E-state index contributed by atoms with van der Waals surface area (Å²) in [6, 6.07) is 54.1. The summed E-state index contributed by atoms with van der Waals surface area (Å²) in [5.74, 6) is 0. The van der Waals surface area contributed by atoms with Crippen molar-refractivity contribution in [3.8, 4) is 11.1 Å². The second-order valence-corrected chi connectivity index (χ2v) is 12.0. The molecule has 0 aliphatic heterocycles. The number of thiophene rings is 1. The minimum atomic E-state index is 0.887. The molecule has 0 atom stereocenters. The molecule has 7 aromatic carbocycles. The summed E-state index contributed by atoms with van der Waals surface area (Å²) in [6.45, 7) is 0. The smallest absolute Gasteiger partial charge is 0.137 e. The Morgan fingerprint density at radius 3 is 2.14 bits per heavy atom. The van der Waals surface area contributed by atoms with E-state index in [1.54, 1.807) is 0 Å². The van der Waals surface area contributed by atoms with Crippen LogP contribution in [0.2, 0.25) is 0 Å². The lowest BCUT2D eigenvalue weighted by molar-refractivity contribution is 0.669. The van der Waals surface area contributed by atoms with E-state index in [2.05, 4.69) is 144 Å². The molecule has 0 bridgehead atoms. The molecule has 0 aliphatic rings. The van der Waals surface area contributed by atoms with E-state index in [1.807, 2.05) is 23.5 Å². The number of hydrogen-bond acceptors (Lipinski definition) is 3. The number of rotatable bonds is 4. The zero-order chi connectivity index (χ0) is 28.3. The van der Waals surface area contributed by atoms with E-state index in [4.69, 9.17) is 4.42 Å². The van der Waals surface area contributed by atoms with Crippen molar-refractivity contribution in [3.05, 3.63) is 152 Å². The van der Waals surface area contributed by atoms with Crippen molar-refractivity contribution in [1.82, 2.24) is 0 Å². The third kappa shape index (κ3) is 3.79. The number of nitrogens with zero attached hydrogens (tertiary/aromatic N) is 1. The maximum atomic E-state index is 6.29. The topological polar surface area (TPSA) is 16.4 Å². The zero-order valence-electron chi connectivity index (χ0n) is 23.2. The highest BCUT2D eigenvalue weighted by Gasteiger charge is 2.20. The van der Waals surface area contributed by atoms with Crippen LogP contribution in [0.3, 0.4) is 0 Å². The van der Waals surface area contributed by atoms with E-state index in [9.17, 15) is 0 Å². The second-order valence-electron chi connectivity index (χ2n) is 10.9. The molecule has 9 rings (SSSR count). The van der Waals surface area contributed by atoms with Gasteiger partial charge in [-0.05, 0) is 70.4 Å². The Morgan fingerprint density at radius 1 is 0.488 bits per heavy atom. The van der Waals surface area contributed by atoms with Gasteiger partial charge in [-0.25, -0.2) is 0 Å². The van der Waals surface area contributed by atoms with Crippen molar-refractivity contribution in [3.63, 3.8) is 0 Å². The van der Waals surface area contributed by atoms with Crippen molar-refractivity contribution in [2.24, 2.45) is 0 Å². The van der Waals surface area contributed by atoms with Crippen LogP contribution in [-0.2, 0) is 0 Å². The van der Waals surface area contributed by atoms with Crippen molar-refractivity contribution in [2.75, 3.05) is 4.90 Å². The molecule has 9 aromatic rings. The Morgan fingerprint density at radius 2 is 1.21 bits per heavy atom. The Balaban J connectivity index is 1.28. The van der Waals surface area contributed by atoms with Gasteiger partial charge in [0.15, 0.2) is 0 Å². The van der Waals surface area contributed by atoms with Crippen LogP contribution in [0.4, 0.5) is 17.1 Å². The fourth-order valence-corrected chi connectivity index (χ4v) is 7.81. The quantitative estimate of drug-likeness (QED) is 0.210. The van der Waals surface area contributed by atoms with E-state index >= 15 is 0 Å². The van der Waals surface area contributed by atoms with Gasteiger partial charge in [-0.1, -0.05) is 103 Å². The molecule has 43 heavy (non-hydrogen) atoms. The van der Waals surface area contributed by atoms with Crippen molar-refractivity contribution < 1.29 is 4.42 Å². The van der Waals surface area contributed by atoms with Gasteiger partial charge in [0.2, 0.25) is 0 Å². The molecule has 0 aliphatic carbocycles. The molecule has 0 amide bonds. The molecule has 2 heterocycles. The Hall–Kier alpha value is -5.38. The SMILES string of the molecule is c1ccc(N(c2cccc(-c3cccc4c3sc3ccc5ccccc5c34)c2)c2cccc3oc4ccccc4c23)cc1. The van der Waals surface area contributed by atoms with Crippen LogP contribution in [0.25, 0.3) is 64.0 Å². The largest absolute Gasteiger partial charge is 0.456 e. The zero-order valence-corrected chi connectivity index (χ0v) is 24.0. The molecule has 3 heteroatoms. The summed E-state index contributed by atoms with van der Waals surface area (Å²) < 4.78 is 8.93. The van der Waals surface area contributed by atoms with Crippen LogP contribution >= 0.6 is 11.3 Å². The molecule has 0 radical (unpaired) electrons. The normalized spacial score (nSPS) is 11.7. The van der Waals surface area contributed by atoms with Gasteiger partial charge in [-0.15, -0.1) is 11.3 Å². The summed E-state index contributed by atoms with van der Waals surface area (Å²) >= 11 is 1.88. The van der Waals surface area contributed by atoms with Crippen LogP contribution < -0.4 is 4.90 Å². The van der Waals surface area contributed by atoms with Gasteiger partial charge in [0.1, 0.15) is 11.2 Å². The third-order valence-corrected chi connectivity index (χ3v) is 9.64. The lowest BCUT2D eigenvalue weighted by Crippen LogP contribution is -2.10. The monoisotopic (exact) mass is 567 g/mol. The van der Waals surface area contributed by atoms with Crippen molar-refractivity contribution in [1.29, 1.82) is 0 Å². The number of furan rings is 1. The predicted molar refractivity (Wildman–Crippen MR) is 184 cm³/mol. The molecule has 0 saturated heterocycles. The van der Waals surface area contributed by atoms with Crippen LogP contribution in [-0.4, -0.2) is 0 Å². The molecule has 202 valence electrons. The van der Waals surface area contributed by atoms with Crippen molar-refractivity contribution in [2.45, 2.75) is 0 Å². The lowest BCUT2D eigenvalue weighted by atomic mass is 9.99. The maximum absolute atomic E-state index is 6.29. The fourth-order valence-electron chi connectivity index (χ4n) is 6.55. The predicted octanol–water partition coefficient (Wildman–Crippen LogP) is 12.2. The minimum Gasteiger partial charge on any atom is -0.456 e. The molecular formula is C40H25NOS. The van der Waals surface area contributed by atoms with E-state index < -0.39 is 0 Å². The van der Waals surface area contributed by atoms with Gasteiger partial charge >= 0.3 is 0 Å². The molecule has 0 saturated carbocycles. The Labute approximate surface area is 252 Å².